The van der Waals surface area contributed by atoms with E-state index < -0.39 is 5.60 Å². The lowest BCUT2D eigenvalue weighted by molar-refractivity contribution is -0.0391. The first kappa shape index (κ1) is 17.0. The summed E-state index contributed by atoms with van der Waals surface area (Å²) in [4.78, 5) is 16.3. The Labute approximate surface area is 132 Å². The van der Waals surface area contributed by atoms with Crippen molar-refractivity contribution in [2.24, 2.45) is 5.92 Å². The molecular formula is C16H28N4O2. The van der Waals surface area contributed by atoms with E-state index in [0.29, 0.717) is 31.1 Å². The normalized spacial score (nSPS) is 22.6. The van der Waals surface area contributed by atoms with Crippen LogP contribution in [0, 0.1) is 5.92 Å². The molecule has 1 saturated heterocycles. The van der Waals surface area contributed by atoms with Gasteiger partial charge in [0.2, 0.25) is 0 Å². The summed E-state index contributed by atoms with van der Waals surface area (Å²) in [5.74, 6) is 0.454. The molecule has 2 rings (SSSR count). The number of hydrogen-bond acceptors (Lipinski definition) is 4. The molecule has 0 aliphatic carbocycles. The number of carbonyl (C=O) groups excluding carboxylic acids is 1. The molecule has 6 heteroatoms. The Hall–Kier alpha value is -1.40. The predicted molar refractivity (Wildman–Crippen MR) is 85.7 cm³/mol. The van der Waals surface area contributed by atoms with E-state index in [-0.39, 0.29) is 5.91 Å². The van der Waals surface area contributed by atoms with E-state index in [1.165, 1.54) is 0 Å². The second-order valence-corrected chi connectivity index (χ2v) is 7.14. The molecule has 1 amide bonds. The Morgan fingerprint density at radius 1 is 1.50 bits per heavy atom. The SMILES string of the molecule is CC(C)Cn1cc(C(=O)N2CCC[C@](O)(CN(C)C)C2)cn1. The van der Waals surface area contributed by atoms with Gasteiger partial charge in [-0.3, -0.25) is 9.48 Å². The third kappa shape index (κ3) is 4.30. The summed E-state index contributed by atoms with van der Waals surface area (Å²) in [6.07, 6.45) is 5.00. The smallest absolute Gasteiger partial charge is 0.257 e. The maximum absolute atomic E-state index is 12.6. The molecule has 1 aromatic heterocycles. The Kier molecular flexibility index (Phi) is 5.24. The standard InChI is InChI=1S/C16H28N4O2/c1-13(2)9-20-10-14(8-17-20)15(21)19-7-5-6-16(22,12-19)11-18(3)4/h8,10,13,22H,5-7,9,11-12H2,1-4H3/t16-/m0/s1. The van der Waals surface area contributed by atoms with Crippen LogP contribution >= 0.6 is 0 Å². The average Bonchev–Trinajstić information content (AvgIpc) is 2.84. The third-order valence-corrected chi connectivity index (χ3v) is 3.89. The largest absolute Gasteiger partial charge is 0.387 e. The van der Waals surface area contributed by atoms with Crippen LogP contribution in [0.15, 0.2) is 12.4 Å². The first-order valence-electron chi connectivity index (χ1n) is 7.98. The van der Waals surface area contributed by atoms with Gasteiger partial charge in [0.15, 0.2) is 0 Å². The van der Waals surface area contributed by atoms with E-state index in [1.54, 1.807) is 11.1 Å². The molecule has 0 saturated carbocycles. The van der Waals surface area contributed by atoms with Crippen LogP contribution in [0.1, 0.15) is 37.0 Å². The van der Waals surface area contributed by atoms with Crippen LogP contribution in [0.4, 0.5) is 0 Å². The van der Waals surface area contributed by atoms with Gasteiger partial charge in [-0.25, -0.2) is 0 Å². The van der Waals surface area contributed by atoms with Gasteiger partial charge in [-0.1, -0.05) is 13.8 Å². The first-order chi connectivity index (χ1) is 10.3. The van der Waals surface area contributed by atoms with Crippen molar-refractivity contribution in [3.63, 3.8) is 0 Å². The molecule has 1 aliphatic heterocycles. The van der Waals surface area contributed by atoms with E-state index in [4.69, 9.17) is 0 Å². The third-order valence-electron chi connectivity index (χ3n) is 3.89. The summed E-state index contributed by atoms with van der Waals surface area (Å²) < 4.78 is 1.81. The van der Waals surface area contributed by atoms with Crippen molar-refractivity contribution in [3.05, 3.63) is 18.0 Å². The minimum Gasteiger partial charge on any atom is -0.387 e. The molecule has 1 atom stereocenters. The Balaban J connectivity index is 2.04. The fraction of sp³-hybridized carbons (Fsp3) is 0.750. The minimum atomic E-state index is -0.814. The van der Waals surface area contributed by atoms with Crippen molar-refractivity contribution in [1.29, 1.82) is 0 Å². The van der Waals surface area contributed by atoms with Crippen LogP contribution in [0.3, 0.4) is 0 Å². The molecule has 0 aromatic carbocycles. The number of piperidine rings is 1. The van der Waals surface area contributed by atoms with Crippen molar-refractivity contribution in [1.82, 2.24) is 19.6 Å². The lowest BCUT2D eigenvalue weighted by Gasteiger charge is -2.40. The predicted octanol–water partition coefficient (Wildman–Crippen LogP) is 1.07. The fourth-order valence-corrected chi connectivity index (χ4v) is 3.13. The van der Waals surface area contributed by atoms with Gasteiger partial charge < -0.3 is 14.9 Å². The van der Waals surface area contributed by atoms with Crippen LogP contribution in [-0.4, -0.2) is 69.9 Å². The van der Waals surface area contributed by atoms with E-state index in [9.17, 15) is 9.90 Å². The highest BCUT2D eigenvalue weighted by Crippen LogP contribution is 2.23. The molecule has 6 nitrogen and oxygen atoms in total. The number of carbonyl (C=O) groups is 1. The van der Waals surface area contributed by atoms with Crippen molar-refractivity contribution in [3.8, 4) is 0 Å². The van der Waals surface area contributed by atoms with E-state index in [1.807, 2.05) is 29.9 Å². The first-order valence-corrected chi connectivity index (χ1v) is 7.98. The number of likely N-dealkylation sites (tertiary alicyclic amines) is 1. The number of nitrogens with zero attached hydrogens (tertiary/aromatic N) is 4. The van der Waals surface area contributed by atoms with Crippen LogP contribution in [0.5, 0.6) is 0 Å². The molecule has 1 fully saturated rings. The molecule has 124 valence electrons. The maximum Gasteiger partial charge on any atom is 0.257 e. The molecule has 0 bridgehead atoms. The number of amides is 1. The molecule has 22 heavy (non-hydrogen) atoms. The van der Waals surface area contributed by atoms with E-state index >= 15 is 0 Å². The van der Waals surface area contributed by atoms with Crippen LogP contribution in [0.25, 0.3) is 0 Å². The number of rotatable bonds is 5. The molecular weight excluding hydrogens is 280 g/mol. The minimum absolute atomic E-state index is 0.0353. The van der Waals surface area contributed by atoms with Crippen molar-refractivity contribution in [2.75, 3.05) is 33.7 Å². The van der Waals surface area contributed by atoms with Gasteiger partial charge in [-0.05, 0) is 32.9 Å². The summed E-state index contributed by atoms with van der Waals surface area (Å²) >= 11 is 0. The molecule has 0 spiro atoms. The highest BCUT2D eigenvalue weighted by Gasteiger charge is 2.36. The zero-order chi connectivity index (χ0) is 16.3. The number of β-amino-alcohol motifs (C(OH)–C–C–N with tert-alkyl or cyclic N) is 1. The van der Waals surface area contributed by atoms with Crippen molar-refractivity contribution >= 4 is 5.91 Å². The number of aliphatic hydroxyl groups is 1. The van der Waals surface area contributed by atoms with Crippen molar-refractivity contribution < 1.29 is 9.90 Å². The average molecular weight is 308 g/mol. The van der Waals surface area contributed by atoms with Crippen LogP contribution < -0.4 is 0 Å². The molecule has 0 radical (unpaired) electrons. The number of aromatic nitrogens is 2. The van der Waals surface area contributed by atoms with Gasteiger partial charge in [-0.15, -0.1) is 0 Å². The van der Waals surface area contributed by atoms with Gasteiger partial charge in [0.05, 0.1) is 23.9 Å². The Morgan fingerprint density at radius 2 is 2.23 bits per heavy atom. The number of likely N-dealkylation sites (N-methyl/N-ethyl adjacent to an activating group) is 1. The maximum atomic E-state index is 12.6. The summed E-state index contributed by atoms with van der Waals surface area (Å²) in [7, 11) is 3.88. The lowest BCUT2D eigenvalue weighted by Crippen LogP contribution is -2.54. The molecule has 1 aliphatic rings. The van der Waals surface area contributed by atoms with Gasteiger partial charge in [-0.2, -0.15) is 5.10 Å². The second kappa shape index (κ2) is 6.79. The zero-order valence-corrected chi connectivity index (χ0v) is 14.1. The summed E-state index contributed by atoms with van der Waals surface area (Å²) in [5.41, 5.74) is -0.208. The Morgan fingerprint density at radius 3 is 2.86 bits per heavy atom. The fourth-order valence-electron chi connectivity index (χ4n) is 3.13. The lowest BCUT2D eigenvalue weighted by atomic mass is 9.92. The monoisotopic (exact) mass is 308 g/mol. The number of hydrogen-bond donors (Lipinski definition) is 1. The van der Waals surface area contributed by atoms with Gasteiger partial charge in [0.25, 0.3) is 5.91 Å². The van der Waals surface area contributed by atoms with Gasteiger partial charge >= 0.3 is 0 Å². The topological polar surface area (TPSA) is 61.6 Å². The molecule has 1 aromatic rings. The molecule has 1 N–H and O–H groups in total. The van der Waals surface area contributed by atoms with Crippen LogP contribution in [0.2, 0.25) is 0 Å². The Bertz CT molecular complexity index is 512. The summed E-state index contributed by atoms with van der Waals surface area (Å²) in [6.45, 7) is 6.70. The molecule has 0 unspecified atom stereocenters. The summed E-state index contributed by atoms with van der Waals surface area (Å²) in [5, 5.41) is 14.9. The van der Waals surface area contributed by atoms with Crippen molar-refractivity contribution in [2.45, 2.75) is 38.8 Å². The van der Waals surface area contributed by atoms with Gasteiger partial charge in [0.1, 0.15) is 0 Å². The molecule has 2 heterocycles. The zero-order valence-electron chi connectivity index (χ0n) is 14.1. The van der Waals surface area contributed by atoms with E-state index in [0.717, 1.165) is 19.4 Å². The van der Waals surface area contributed by atoms with Crippen LogP contribution in [-0.2, 0) is 6.54 Å². The van der Waals surface area contributed by atoms with Gasteiger partial charge in [0, 0.05) is 25.8 Å². The highest BCUT2D eigenvalue weighted by molar-refractivity contribution is 5.93. The highest BCUT2D eigenvalue weighted by atomic mass is 16.3. The van der Waals surface area contributed by atoms with E-state index in [2.05, 4.69) is 18.9 Å². The summed E-state index contributed by atoms with van der Waals surface area (Å²) in [6, 6.07) is 0. The second-order valence-electron chi connectivity index (χ2n) is 7.14. The quantitative estimate of drug-likeness (QED) is 0.884.